The largest absolute Gasteiger partial charge is 0.363 e. The predicted octanol–water partition coefficient (Wildman–Crippen LogP) is 1.52. The molecule has 1 aliphatic rings. The van der Waals surface area contributed by atoms with Gasteiger partial charge < -0.3 is 4.90 Å². The highest BCUT2D eigenvalue weighted by atomic mass is 16.6. The molecule has 0 saturated carbocycles. The van der Waals surface area contributed by atoms with E-state index in [-0.39, 0.29) is 10.6 Å². The topological polar surface area (TPSA) is 62.5 Å². The Labute approximate surface area is 106 Å². The molecule has 98 valence electrons. The summed E-state index contributed by atoms with van der Waals surface area (Å²) in [4.78, 5) is 18.9. The molecule has 18 heavy (non-hydrogen) atoms. The highest BCUT2D eigenvalue weighted by Gasteiger charge is 2.24. The minimum atomic E-state index is -0.364. The first-order valence-electron chi connectivity index (χ1n) is 6.17. The van der Waals surface area contributed by atoms with E-state index in [0.717, 1.165) is 26.2 Å². The number of hydrogen-bond acceptors (Lipinski definition) is 5. The molecule has 1 aromatic rings. The van der Waals surface area contributed by atoms with Crippen molar-refractivity contribution in [2.75, 3.05) is 31.1 Å². The van der Waals surface area contributed by atoms with Crippen molar-refractivity contribution in [3.63, 3.8) is 0 Å². The third kappa shape index (κ3) is 2.59. The van der Waals surface area contributed by atoms with Gasteiger partial charge in [-0.1, -0.05) is 0 Å². The molecular formula is C12H18N4O2. The summed E-state index contributed by atoms with van der Waals surface area (Å²) in [6, 6.07) is 2.25. The maximum absolute atomic E-state index is 11.0. The molecule has 0 aliphatic carbocycles. The van der Waals surface area contributed by atoms with Crippen LogP contribution in [0.25, 0.3) is 0 Å². The highest BCUT2D eigenvalue weighted by Crippen LogP contribution is 2.27. The van der Waals surface area contributed by atoms with Crippen molar-refractivity contribution in [3.05, 3.63) is 28.6 Å². The summed E-state index contributed by atoms with van der Waals surface area (Å²) in [7, 11) is 0. The molecule has 0 radical (unpaired) electrons. The van der Waals surface area contributed by atoms with E-state index in [0.29, 0.717) is 11.7 Å². The van der Waals surface area contributed by atoms with Crippen molar-refractivity contribution in [2.45, 2.75) is 19.9 Å². The molecule has 0 atom stereocenters. The van der Waals surface area contributed by atoms with Crippen molar-refractivity contribution in [2.24, 2.45) is 0 Å². The van der Waals surface area contributed by atoms with Gasteiger partial charge in [0.05, 0.1) is 4.92 Å². The van der Waals surface area contributed by atoms with Crippen LogP contribution in [0.15, 0.2) is 18.5 Å². The Kier molecular flexibility index (Phi) is 3.76. The standard InChI is InChI=1S/C12H18N4O2/c1-10(2)14-5-7-15(8-6-14)11-3-4-13-9-12(11)16(17)18/h3-4,9-10H,5-8H2,1-2H3. The van der Waals surface area contributed by atoms with Crippen LogP contribution < -0.4 is 4.90 Å². The van der Waals surface area contributed by atoms with Gasteiger partial charge in [0, 0.05) is 38.4 Å². The quantitative estimate of drug-likeness (QED) is 0.601. The molecule has 1 saturated heterocycles. The fourth-order valence-corrected chi connectivity index (χ4v) is 2.27. The van der Waals surface area contributed by atoms with Crippen molar-refractivity contribution < 1.29 is 4.92 Å². The second kappa shape index (κ2) is 5.30. The number of nitrogens with zero attached hydrogens (tertiary/aromatic N) is 4. The lowest BCUT2D eigenvalue weighted by Gasteiger charge is -2.37. The van der Waals surface area contributed by atoms with E-state index < -0.39 is 0 Å². The number of aromatic nitrogens is 1. The van der Waals surface area contributed by atoms with Gasteiger partial charge >= 0.3 is 5.69 Å². The summed E-state index contributed by atoms with van der Waals surface area (Å²) in [5, 5.41) is 11.0. The molecule has 0 N–H and O–H groups in total. The number of hydrogen-bond donors (Lipinski definition) is 0. The second-order valence-corrected chi connectivity index (χ2v) is 4.74. The van der Waals surface area contributed by atoms with Crippen LogP contribution in [0.4, 0.5) is 11.4 Å². The van der Waals surface area contributed by atoms with Crippen LogP contribution in [0.3, 0.4) is 0 Å². The van der Waals surface area contributed by atoms with Gasteiger partial charge in [0.1, 0.15) is 11.9 Å². The maximum atomic E-state index is 11.0. The lowest BCUT2D eigenvalue weighted by atomic mass is 10.2. The minimum Gasteiger partial charge on any atom is -0.363 e. The number of rotatable bonds is 3. The summed E-state index contributed by atoms with van der Waals surface area (Å²) < 4.78 is 0. The Morgan fingerprint density at radius 3 is 2.56 bits per heavy atom. The second-order valence-electron chi connectivity index (χ2n) is 4.74. The SMILES string of the molecule is CC(C)N1CCN(c2ccncc2[N+](=O)[O-])CC1. The molecule has 0 amide bonds. The summed E-state index contributed by atoms with van der Waals surface area (Å²) in [5.74, 6) is 0. The Bertz CT molecular complexity index is 428. The Balaban J connectivity index is 2.12. The molecule has 1 fully saturated rings. The average molecular weight is 250 g/mol. The van der Waals surface area contributed by atoms with E-state index in [1.54, 1.807) is 12.3 Å². The van der Waals surface area contributed by atoms with E-state index in [9.17, 15) is 10.1 Å². The van der Waals surface area contributed by atoms with E-state index in [4.69, 9.17) is 0 Å². The van der Waals surface area contributed by atoms with E-state index in [1.165, 1.54) is 6.20 Å². The molecule has 0 unspecified atom stereocenters. The highest BCUT2D eigenvalue weighted by molar-refractivity contribution is 5.61. The van der Waals surface area contributed by atoms with Gasteiger partial charge in [0.15, 0.2) is 0 Å². The number of anilines is 1. The Morgan fingerprint density at radius 2 is 2.00 bits per heavy atom. The van der Waals surface area contributed by atoms with E-state index in [2.05, 4.69) is 28.6 Å². The molecule has 0 aromatic carbocycles. The summed E-state index contributed by atoms with van der Waals surface area (Å²) >= 11 is 0. The maximum Gasteiger partial charge on any atom is 0.310 e. The Hall–Kier alpha value is -1.69. The van der Waals surface area contributed by atoms with Crippen molar-refractivity contribution in [1.29, 1.82) is 0 Å². The smallest absolute Gasteiger partial charge is 0.310 e. The molecule has 2 heterocycles. The number of piperazine rings is 1. The van der Waals surface area contributed by atoms with E-state index in [1.807, 2.05) is 0 Å². The molecule has 0 bridgehead atoms. The van der Waals surface area contributed by atoms with Crippen LogP contribution in [-0.4, -0.2) is 47.0 Å². The minimum absolute atomic E-state index is 0.0931. The van der Waals surface area contributed by atoms with Gasteiger partial charge in [-0.05, 0) is 19.9 Å². The third-order valence-electron chi connectivity index (χ3n) is 3.36. The summed E-state index contributed by atoms with van der Waals surface area (Å²) in [6.07, 6.45) is 2.93. The molecule has 2 rings (SSSR count). The first kappa shape index (κ1) is 12.8. The normalized spacial score (nSPS) is 17.2. The molecule has 1 aliphatic heterocycles. The van der Waals surface area contributed by atoms with E-state index >= 15 is 0 Å². The number of pyridine rings is 1. The van der Waals surface area contributed by atoms with Gasteiger partial charge in [0.2, 0.25) is 0 Å². The van der Waals surface area contributed by atoms with Crippen molar-refractivity contribution in [1.82, 2.24) is 9.88 Å². The molecule has 1 aromatic heterocycles. The lowest BCUT2D eigenvalue weighted by Crippen LogP contribution is -2.49. The Morgan fingerprint density at radius 1 is 1.33 bits per heavy atom. The zero-order valence-corrected chi connectivity index (χ0v) is 10.7. The van der Waals surface area contributed by atoms with Crippen molar-refractivity contribution in [3.8, 4) is 0 Å². The molecule has 6 nitrogen and oxygen atoms in total. The van der Waals surface area contributed by atoms with Crippen LogP contribution in [0.1, 0.15) is 13.8 Å². The van der Waals surface area contributed by atoms with Crippen LogP contribution >= 0.6 is 0 Å². The third-order valence-corrected chi connectivity index (χ3v) is 3.36. The fourth-order valence-electron chi connectivity index (χ4n) is 2.27. The lowest BCUT2D eigenvalue weighted by molar-refractivity contribution is -0.384. The molecule has 0 spiro atoms. The van der Waals surface area contributed by atoms with Gasteiger partial charge in [-0.15, -0.1) is 0 Å². The van der Waals surface area contributed by atoms with Crippen molar-refractivity contribution >= 4 is 11.4 Å². The molecular weight excluding hydrogens is 232 g/mol. The molecule has 6 heteroatoms. The van der Waals surface area contributed by atoms with Gasteiger partial charge in [-0.25, -0.2) is 0 Å². The zero-order chi connectivity index (χ0) is 13.1. The van der Waals surface area contributed by atoms with Gasteiger partial charge in [-0.2, -0.15) is 0 Å². The summed E-state index contributed by atoms with van der Waals surface area (Å²) in [6.45, 7) is 7.87. The summed E-state index contributed by atoms with van der Waals surface area (Å²) in [5.41, 5.74) is 0.772. The number of nitro groups is 1. The van der Waals surface area contributed by atoms with Crippen LogP contribution in [0.5, 0.6) is 0 Å². The van der Waals surface area contributed by atoms with Crippen LogP contribution in [-0.2, 0) is 0 Å². The van der Waals surface area contributed by atoms with Gasteiger partial charge in [-0.3, -0.25) is 20.0 Å². The van der Waals surface area contributed by atoms with Gasteiger partial charge in [0.25, 0.3) is 0 Å². The predicted molar refractivity (Wildman–Crippen MR) is 69.8 cm³/mol. The fraction of sp³-hybridized carbons (Fsp3) is 0.583. The van der Waals surface area contributed by atoms with Crippen LogP contribution in [0, 0.1) is 10.1 Å². The van der Waals surface area contributed by atoms with Crippen LogP contribution in [0.2, 0.25) is 0 Å². The first-order chi connectivity index (χ1) is 8.59. The monoisotopic (exact) mass is 250 g/mol. The zero-order valence-electron chi connectivity index (χ0n) is 10.7. The average Bonchev–Trinajstić information content (AvgIpc) is 2.39. The first-order valence-corrected chi connectivity index (χ1v) is 6.17.